The molecule has 1 aliphatic rings. The molecule has 6 nitrogen and oxygen atoms in total. The molecule has 1 N–H and O–H groups in total. The maximum atomic E-state index is 12.4. The first-order chi connectivity index (χ1) is 14.5. The number of rotatable bonds is 6. The lowest BCUT2D eigenvalue weighted by Gasteiger charge is -2.16. The van der Waals surface area contributed by atoms with Crippen molar-refractivity contribution in [2.75, 3.05) is 5.32 Å². The van der Waals surface area contributed by atoms with Gasteiger partial charge in [-0.2, -0.15) is 0 Å². The zero-order valence-electron chi connectivity index (χ0n) is 16.6. The van der Waals surface area contributed by atoms with E-state index in [2.05, 4.69) is 22.5 Å². The van der Waals surface area contributed by atoms with Crippen molar-refractivity contribution in [3.8, 4) is 5.75 Å². The molecule has 2 aromatic carbocycles. The number of aryl methyl sites for hydroxylation is 3. The molecule has 0 fully saturated rings. The van der Waals surface area contributed by atoms with E-state index in [0.29, 0.717) is 16.6 Å². The highest BCUT2D eigenvalue weighted by molar-refractivity contribution is 7.71. The number of nitrogens with one attached hydrogen (secondary N) is 1. The van der Waals surface area contributed by atoms with Crippen molar-refractivity contribution < 1.29 is 13.9 Å². The monoisotopic (exact) mass is 443 g/mol. The smallest absolute Gasteiger partial charge is 0.287 e. The van der Waals surface area contributed by atoms with Crippen LogP contribution in [0.25, 0.3) is 0 Å². The number of halogens is 1. The van der Waals surface area contributed by atoms with E-state index < -0.39 is 0 Å². The SMILES string of the molecule is Cc1ccc(Cl)cc1NC(=O)Cn1nc(COc2ccc3c(c2)CCCC3)oc1=S. The number of carbonyl (C=O) groups is 1. The van der Waals surface area contributed by atoms with Gasteiger partial charge in [-0.25, -0.2) is 4.68 Å². The molecule has 3 aromatic rings. The van der Waals surface area contributed by atoms with Gasteiger partial charge in [0.05, 0.1) is 0 Å². The fourth-order valence-corrected chi connectivity index (χ4v) is 3.88. The summed E-state index contributed by atoms with van der Waals surface area (Å²) in [7, 11) is 0. The molecule has 4 rings (SSSR count). The van der Waals surface area contributed by atoms with Gasteiger partial charge in [-0.1, -0.05) is 23.7 Å². The molecule has 0 unspecified atom stereocenters. The average Bonchev–Trinajstić information content (AvgIpc) is 3.08. The Morgan fingerprint density at radius 3 is 2.87 bits per heavy atom. The van der Waals surface area contributed by atoms with Crippen LogP contribution in [0.3, 0.4) is 0 Å². The van der Waals surface area contributed by atoms with E-state index in [4.69, 9.17) is 33.0 Å². The third kappa shape index (κ3) is 4.91. The highest BCUT2D eigenvalue weighted by atomic mass is 35.5. The Kier molecular flexibility index (Phi) is 6.20. The zero-order valence-corrected chi connectivity index (χ0v) is 18.2. The first-order valence-corrected chi connectivity index (χ1v) is 10.6. The number of hydrogen-bond donors (Lipinski definition) is 1. The second kappa shape index (κ2) is 9.02. The topological polar surface area (TPSA) is 69.3 Å². The van der Waals surface area contributed by atoms with Crippen LogP contribution < -0.4 is 10.1 Å². The highest BCUT2D eigenvalue weighted by Crippen LogP contribution is 2.26. The minimum atomic E-state index is -0.271. The molecule has 8 heteroatoms. The van der Waals surface area contributed by atoms with Gasteiger partial charge in [-0.3, -0.25) is 4.79 Å². The van der Waals surface area contributed by atoms with Crippen LogP contribution in [-0.4, -0.2) is 15.7 Å². The van der Waals surface area contributed by atoms with E-state index in [1.165, 1.54) is 28.7 Å². The summed E-state index contributed by atoms with van der Waals surface area (Å²) in [6.45, 7) is 1.97. The van der Waals surface area contributed by atoms with Gasteiger partial charge in [-0.15, -0.1) is 5.10 Å². The van der Waals surface area contributed by atoms with Crippen LogP contribution in [0.1, 0.15) is 35.4 Å². The number of benzene rings is 2. The van der Waals surface area contributed by atoms with Crippen molar-refractivity contribution >= 4 is 35.4 Å². The highest BCUT2D eigenvalue weighted by Gasteiger charge is 2.13. The molecule has 156 valence electrons. The second-order valence-corrected chi connectivity index (χ2v) is 8.14. The summed E-state index contributed by atoms with van der Waals surface area (Å²) in [4.78, 5) is 12.5. The van der Waals surface area contributed by atoms with Crippen LogP contribution in [0.15, 0.2) is 40.8 Å². The molecule has 1 amide bonds. The number of amides is 1. The summed E-state index contributed by atoms with van der Waals surface area (Å²) in [5, 5.41) is 7.64. The van der Waals surface area contributed by atoms with Gasteiger partial charge in [-0.05, 0) is 85.8 Å². The molecule has 0 aliphatic heterocycles. The normalized spacial score (nSPS) is 13.0. The molecule has 0 saturated carbocycles. The van der Waals surface area contributed by atoms with Crippen molar-refractivity contribution in [3.63, 3.8) is 0 Å². The predicted molar refractivity (Wildman–Crippen MR) is 118 cm³/mol. The Balaban J connectivity index is 1.38. The molecule has 1 aromatic heterocycles. The fraction of sp³-hybridized carbons (Fsp3) is 0.318. The Hall–Kier alpha value is -2.64. The van der Waals surface area contributed by atoms with E-state index in [-0.39, 0.29) is 23.9 Å². The summed E-state index contributed by atoms with van der Waals surface area (Å²) in [6.07, 6.45) is 4.68. The van der Waals surface area contributed by atoms with Gasteiger partial charge in [0.15, 0.2) is 6.61 Å². The molecule has 0 atom stereocenters. The minimum absolute atomic E-state index is 0.0624. The number of hydrogen-bond acceptors (Lipinski definition) is 5. The molecule has 1 heterocycles. The lowest BCUT2D eigenvalue weighted by Crippen LogP contribution is -2.20. The van der Waals surface area contributed by atoms with Crippen LogP contribution in [0, 0.1) is 11.8 Å². The number of nitrogens with zero attached hydrogens (tertiary/aromatic N) is 2. The van der Waals surface area contributed by atoms with E-state index in [1.54, 1.807) is 12.1 Å². The number of anilines is 1. The van der Waals surface area contributed by atoms with Crippen LogP contribution in [-0.2, 0) is 30.8 Å². The van der Waals surface area contributed by atoms with Gasteiger partial charge in [0, 0.05) is 10.7 Å². The largest absolute Gasteiger partial charge is 0.484 e. The lowest BCUT2D eigenvalue weighted by atomic mass is 9.92. The average molecular weight is 444 g/mol. The quantitative estimate of drug-likeness (QED) is 0.526. The van der Waals surface area contributed by atoms with Gasteiger partial charge < -0.3 is 14.5 Å². The van der Waals surface area contributed by atoms with Gasteiger partial charge in [0.2, 0.25) is 5.91 Å². The summed E-state index contributed by atoms with van der Waals surface area (Å²) in [5.74, 6) is 0.830. The van der Waals surface area contributed by atoms with E-state index >= 15 is 0 Å². The molecule has 30 heavy (non-hydrogen) atoms. The van der Waals surface area contributed by atoms with Gasteiger partial charge in [0.1, 0.15) is 12.3 Å². The number of ether oxygens (including phenoxy) is 1. The second-order valence-electron chi connectivity index (χ2n) is 7.35. The van der Waals surface area contributed by atoms with Crippen molar-refractivity contribution in [1.29, 1.82) is 0 Å². The third-order valence-corrected chi connectivity index (χ3v) is 5.63. The van der Waals surface area contributed by atoms with Crippen molar-refractivity contribution in [2.45, 2.75) is 45.8 Å². The number of carbonyl (C=O) groups excluding carboxylic acids is 1. The number of fused-ring (bicyclic) bond motifs is 1. The molecule has 1 aliphatic carbocycles. The molecule has 0 spiro atoms. The predicted octanol–water partition coefficient (Wildman–Crippen LogP) is 5.26. The maximum absolute atomic E-state index is 12.4. The van der Waals surface area contributed by atoms with Crippen LogP contribution >= 0.6 is 23.8 Å². The number of aromatic nitrogens is 2. The Morgan fingerprint density at radius 2 is 2.03 bits per heavy atom. The van der Waals surface area contributed by atoms with Crippen molar-refractivity contribution in [3.05, 3.63) is 68.8 Å². The summed E-state index contributed by atoms with van der Waals surface area (Å²) >= 11 is 11.2. The standard InChI is InChI=1S/C22H22ClN3O3S/c1-14-6-8-17(23)11-19(14)24-20(27)12-26-22(30)29-21(25-26)13-28-18-9-7-15-4-2-3-5-16(15)10-18/h6-11H,2-5,12-13H2,1H3,(H,24,27). The first-order valence-electron chi connectivity index (χ1n) is 9.85. The molecule has 0 saturated heterocycles. The summed E-state index contributed by atoms with van der Waals surface area (Å²) in [6, 6.07) is 11.5. The minimum Gasteiger partial charge on any atom is -0.484 e. The van der Waals surface area contributed by atoms with Gasteiger partial charge in [0.25, 0.3) is 10.7 Å². The van der Waals surface area contributed by atoms with Crippen molar-refractivity contribution in [2.24, 2.45) is 0 Å². The Morgan fingerprint density at radius 1 is 1.23 bits per heavy atom. The van der Waals surface area contributed by atoms with E-state index in [1.807, 2.05) is 19.1 Å². The van der Waals surface area contributed by atoms with E-state index in [9.17, 15) is 4.79 Å². The lowest BCUT2D eigenvalue weighted by molar-refractivity contribution is -0.117. The third-order valence-electron chi connectivity index (χ3n) is 5.10. The first kappa shape index (κ1) is 20.6. The van der Waals surface area contributed by atoms with Crippen molar-refractivity contribution in [1.82, 2.24) is 9.78 Å². The summed E-state index contributed by atoms with van der Waals surface area (Å²) < 4.78 is 12.7. The van der Waals surface area contributed by atoms with Crippen LogP contribution in [0.4, 0.5) is 5.69 Å². The molecule has 0 bridgehead atoms. The fourth-order valence-electron chi connectivity index (χ4n) is 3.51. The van der Waals surface area contributed by atoms with Crippen LogP contribution in [0.5, 0.6) is 5.75 Å². The maximum Gasteiger partial charge on any atom is 0.287 e. The Bertz CT molecular complexity index is 1140. The molecular weight excluding hydrogens is 422 g/mol. The molecular formula is C22H22ClN3O3S. The van der Waals surface area contributed by atoms with E-state index in [0.717, 1.165) is 24.2 Å². The molecule has 0 radical (unpaired) electrons. The van der Waals surface area contributed by atoms with Gasteiger partial charge >= 0.3 is 0 Å². The zero-order chi connectivity index (χ0) is 21.1. The van der Waals surface area contributed by atoms with Crippen LogP contribution in [0.2, 0.25) is 5.02 Å². The summed E-state index contributed by atoms with van der Waals surface area (Å²) in [5.41, 5.74) is 4.31. The Labute approximate surface area is 184 Å².